The average Bonchev–Trinajstić information content (AvgIpc) is 2.56. The van der Waals surface area contributed by atoms with E-state index in [1.165, 1.54) is 0 Å². The Morgan fingerprint density at radius 2 is 1.92 bits per heavy atom. The average molecular weight is 409 g/mol. The molecule has 4 nitrogen and oxygen atoms in total. The van der Waals surface area contributed by atoms with Gasteiger partial charge in [-0.2, -0.15) is 0 Å². The third-order valence-electron chi connectivity index (χ3n) is 3.45. The molecule has 0 saturated heterocycles. The molecule has 0 aliphatic rings. The van der Waals surface area contributed by atoms with Crippen molar-refractivity contribution in [1.29, 1.82) is 0 Å². The fraction of sp³-hybridized carbons (Fsp3) is 0.278. The second-order valence-electron chi connectivity index (χ2n) is 5.17. The molecule has 0 heterocycles. The summed E-state index contributed by atoms with van der Waals surface area (Å²) in [5, 5.41) is 7.02. The Morgan fingerprint density at radius 1 is 1.21 bits per heavy atom. The SMILES string of the molecule is CCOc1ccc(NC(=S)N[C@H](C)c2ccc(OC)c(Br)c2)cc1. The van der Waals surface area contributed by atoms with Crippen molar-refractivity contribution in [2.45, 2.75) is 19.9 Å². The lowest BCUT2D eigenvalue weighted by Crippen LogP contribution is -2.30. The highest BCUT2D eigenvalue weighted by atomic mass is 79.9. The molecule has 6 heteroatoms. The first-order chi connectivity index (χ1) is 11.5. The van der Waals surface area contributed by atoms with Crippen molar-refractivity contribution >= 4 is 38.9 Å². The van der Waals surface area contributed by atoms with Gasteiger partial charge in [0.05, 0.1) is 24.2 Å². The van der Waals surface area contributed by atoms with Crippen LogP contribution in [0.1, 0.15) is 25.5 Å². The van der Waals surface area contributed by atoms with Crippen LogP contribution in [0.25, 0.3) is 0 Å². The predicted octanol–water partition coefficient (Wildman–Crippen LogP) is 4.90. The Kier molecular flexibility index (Phi) is 6.87. The topological polar surface area (TPSA) is 42.5 Å². The Labute approximate surface area is 156 Å². The first kappa shape index (κ1) is 18.5. The lowest BCUT2D eigenvalue weighted by atomic mass is 10.1. The predicted molar refractivity (Wildman–Crippen MR) is 106 cm³/mol. The number of hydrogen-bond donors (Lipinski definition) is 2. The van der Waals surface area contributed by atoms with Crippen LogP contribution in [0.15, 0.2) is 46.9 Å². The normalized spacial score (nSPS) is 11.5. The van der Waals surface area contributed by atoms with Gasteiger partial charge in [0.1, 0.15) is 11.5 Å². The number of anilines is 1. The fourth-order valence-electron chi connectivity index (χ4n) is 2.20. The molecule has 0 radical (unpaired) electrons. The van der Waals surface area contributed by atoms with E-state index in [1.807, 2.05) is 49.4 Å². The van der Waals surface area contributed by atoms with Crippen molar-refractivity contribution in [2.24, 2.45) is 0 Å². The largest absolute Gasteiger partial charge is 0.496 e. The molecule has 2 aromatic rings. The first-order valence-electron chi connectivity index (χ1n) is 7.67. The summed E-state index contributed by atoms with van der Waals surface area (Å²) in [7, 11) is 1.65. The van der Waals surface area contributed by atoms with E-state index in [9.17, 15) is 0 Å². The van der Waals surface area contributed by atoms with Crippen molar-refractivity contribution in [1.82, 2.24) is 5.32 Å². The molecule has 1 atom stereocenters. The highest BCUT2D eigenvalue weighted by Crippen LogP contribution is 2.28. The van der Waals surface area contributed by atoms with Gasteiger partial charge in [-0.15, -0.1) is 0 Å². The summed E-state index contributed by atoms with van der Waals surface area (Å²) in [5.74, 6) is 1.65. The smallest absolute Gasteiger partial charge is 0.171 e. The summed E-state index contributed by atoms with van der Waals surface area (Å²) >= 11 is 8.89. The molecule has 0 spiro atoms. The highest BCUT2D eigenvalue weighted by Gasteiger charge is 2.10. The molecule has 0 bridgehead atoms. The number of methoxy groups -OCH3 is 1. The molecule has 0 fully saturated rings. The number of thiocarbonyl (C=S) groups is 1. The van der Waals surface area contributed by atoms with Gasteiger partial charge in [0.2, 0.25) is 0 Å². The van der Waals surface area contributed by atoms with Gasteiger partial charge in [-0.25, -0.2) is 0 Å². The van der Waals surface area contributed by atoms with Gasteiger partial charge in [-0.05, 0) is 84.0 Å². The van der Waals surface area contributed by atoms with Crippen molar-refractivity contribution in [3.8, 4) is 11.5 Å². The first-order valence-corrected chi connectivity index (χ1v) is 8.87. The number of benzene rings is 2. The maximum absolute atomic E-state index is 5.43. The Morgan fingerprint density at radius 3 is 2.50 bits per heavy atom. The molecule has 0 unspecified atom stereocenters. The number of ether oxygens (including phenoxy) is 2. The Hall–Kier alpha value is -1.79. The van der Waals surface area contributed by atoms with E-state index < -0.39 is 0 Å². The van der Waals surface area contributed by atoms with Gasteiger partial charge >= 0.3 is 0 Å². The lowest BCUT2D eigenvalue weighted by molar-refractivity contribution is 0.340. The monoisotopic (exact) mass is 408 g/mol. The molecule has 0 aliphatic carbocycles. The van der Waals surface area contributed by atoms with Gasteiger partial charge < -0.3 is 20.1 Å². The standard InChI is InChI=1S/C18H21BrN2O2S/c1-4-23-15-8-6-14(7-9-15)21-18(24)20-12(2)13-5-10-17(22-3)16(19)11-13/h5-12H,4H2,1-3H3,(H2,20,21,24)/t12-/m1/s1. The molecule has 0 amide bonds. The Balaban J connectivity index is 1.94. The van der Waals surface area contributed by atoms with Crippen LogP contribution >= 0.6 is 28.1 Å². The number of rotatable bonds is 6. The molecule has 2 rings (SSSR count). The summed E-state index contributed by atoms with van der Waals surface area (Å²) in [4.78, 5) is 0. The van der Waals surface area contributed by atoms with Gasteiger partial charge in [-0.1, -0.05) is 6.07 Å². The van der Waals surface area contributed by atoms with Crippen LogP contribution in [0.2, 0.25) is 0 Å². The van der Waals surface area contributed by atoms with Crippen molar-refractivity contribution in [3.05, 3.63) is 52.5 Å². The molecule has 0 aliphatic heterocycles. The zero-order valence-corrected chi connectivity index (χ0v) is 16.3. The molecule has 24 heavy (non-hydrogen) atoms. The van der Waals surface area contributed by atoms with Gasteiger partial charge in [0.15, 0.2) is 5.11 Å². The minimum atomic E-state index is 0.0647. The maximum Gasteiger partial charge on any atom is 0.171 e. The summed E-state index contributed by atoms with van der Waals surface area (Å²) < 4.78 is 11.6. The summed E-state index contributed by atoms with van der Waals surface area (Å²) in [6.07, 6.45) is 0. The zero-order valence-electron chi connectivity index (χ0n) is 13.9. The van der Waals surface area contributed by atoms with E-state index in [-0.39, 0.29) is 6.04 Å². The van der Waals surface area contributed by atoms with Crippen LogP contribution < -0.4 is 20.1 Å². The molecule has 2 N–H and O–H groups in total. The Bertz CT molecular complexity index is 692. The van der Waals surface area contributed by atoms with Gasteiger partial charge in [0, 0.05) is 5.69 Å². The quantitative estimate of drug-likeness (QED) is 0.664. The van der Waals surface area contributed by atoms with Crippen LogP contribution in [0.3, 0.4) is 0 Å². The third-order valence-corrected chi connectivity index (χ3v) is 4.29. The molecule has 0 saturated carbocycles. The van der Waals surface area contributed by atoms with Gasteiger partial charge in [-0.3, -0.25) is 0 Å². The maximum atomic E-state index is 5.43. The second kappa shape index (κ2) is 8.89. The molecule has 0 aromatic heterocycles. The van der Waals surface area contributed by atoms with Gasteiger partial charge in [0.25, 0.3) is 0 Å². The van der Waals surface area contributed by atoms with E-state index in [1.54, 1.807) is 7.11 Å². The number of hydrogen-bond acceptors (Lipinski definition) is 3. The van der Waals surface area contributed by atoms with E-state index in [0.29, 0.717) is 11.7 Å². The van der Waals surface area contributed by atoms with Crippen LogP contribution in [-0.4, -0.2) is 18.8 Å². The highest BCUT2D eigenvalue weighted by molar-refractivity contribution is 9.10. The lowest BCUT2D eigenvalue weighted by Gasteiger charge is -2.18. The fourth-order valence-corrected chi connectivity index (χ4v) is 3.05. The number of halogens is 1. The summed E-state index contributed by atoms with van der Waals surface area (Å²) in [6.45, 7) is 4.67. The van der Waals surface area contributed by atoms with Crippen molar-refractivity contribution < 1.29 is 9.47 Å². The van der Waals surface area contributed by atoms with Crippen LogP contribution in [0.4, 0.5) is 5.69 Å². The van der Waals surface area contributed by atoms with E-state index >= 15 is 0 Å². The molecule has 128 valence electrons. The minimum Gasteiger partial charge on any atom is -0.496 e. The minimum absolute atomic E-state index is 0.0647. The van der Waals surface area contributed by atoms with E-state index in [4.69, 9.17) is 21.7 Å². The zero-order chi connectivity index (χ0) is 17.5. The molecular weight excluding hydrogens is 388 g/mol. The van der Waals surface area contributed by atoms with Crippen molar-refractivity contribution in [3.63, 3.8) is 0 Å². The molecule has 2 aromatic carbocycles. The van der Waals surface area contributed by atoms with Crippen LogP contribution in [0.5, 0.6) is 11.5 Å². The van der Waals surface area contributed by atoms with Crippen LogP contribution in [0, 0.1) is 0 Å². The van der Waals surface area contributed by atoms with Crippen molar-refractivity contribution in [2.75, 3.05) is 19.0 Å². The van der Waals surface area contributed by atoms with Crippen LogP contribution in [-0.2, 0) is 0 Å². The van der Waals surface area contributed by atoms with E-state index in [2.05, 4.69) is 33.5 Å². The summed E-state index contributed by atoms with van der Waals surface area (Å²) in [5.41, 5.74) is 2.03. The second-order valence-corrected chi connectivity index (χ2v) is 6.43. The van der Waals surface area contributed by atoms with E-state index in [0.717, 1.165) is 27.2 Å². The molecular formula is C18H21BrN2O2S. The summed E-state index contributed by atoms with van der Waals surface area (Å²) in [6, 6.07) is 13.7. The third kappa shape index (κ3) is 5.11. The number of nitrogens with one attached hydrogen (secondary N) is 2.